The van der Waals surface area contributed by atoms with Crippen LogP contribution in [0.25, 0.3) is 0 Å². The largest absolute Gasteiger partial charge is 0.441 e. The van der Waals surface area contributed by atoms with Crippen LogP contribution in [-0.2, 0) is 19.6 Å². The molecule has 1 aromatic rings. The quantitative estimate of drug-likeness (QED) is 0.171. The number of carbonyl (C=O) groups excluding carboxylic acids is 2. The molecule has 7 nitrogen and oxygen atoms in total. The van der Waals surface area contributed by atoms with Gasteiger partial charge >= 0.3 is 33.5 Å². The van der Waals surface area contributed by atoms with Gasteiger partial charge in [-0.2, -0.15) is 30.4 Å². The lowest BCUT2D eigenvalue weighted by molar-refractivity contribution is -0.248. The Bertz CT molecular complexity index is 928. The molecule has 0 radical (unpaired) electrons. The molecule has 1 aromatic carbocycles. The number of esters is 2. The van der Waals surface area contributed by atoms with Gasteiger partial charge in [0, 0.05) is 0 Å². The van der Waals surface area contributed by atoms with Crippen molar-refractivity contribution in [3.8, 4) is 5.75 Å². The smallest absolute Gasteiger partial charge is 0.432 e. The van der Waals surface area contributed by atoms with Crippen molar-refractivity contribution in [3.63, 3.8) is 0 Å². The number of hydrogen-bond donors (Lipinski definition) is 1. The second-order valence-corrected chi connectivity index (χ2v) is 9.29. The van der Waals surface area contributed by atoms with E-state index in [4.69, 9.17) is 9.29 Å². The molecule has 14 heteroatoms. The lowest BCUT2D eigenvalue weighted by Gasteiger charge is -2.26. The van der Waals surface area contributed by atoms with E-state index in [2.05, 4.69) is 4.74 Å². The fourth-order valence-electron chi connectivity index (χ4n) is 1.73. The summed E-state index contributed by atoms with van der Waals surface area (Å²) >= 11 is 1.69. The summed E-state index contributed by atoms with van der Waals surface area (Å²) in [6.45, 7) is 4.82. The first kappa shape index (κ1) is 26.5. The Morgan fingerprint density at radius 1 is 1.17 bits per heavy atom. The lowest BCUT2D eigenvalue weighted by Crippen LogP contribution is -2.52. The van der Waals surface area contributed by atoms with Gasteiger partial charge in [0.15, 0.2) is 0 Å². The number of benzene rings is 1. The Labute approximate surface area is 181 Å². The van der Waals surface area contributed by atoms with Crippen LogP contribution in [0.3, 0.4) is 0 Å². The number of hydrogen-bond acceptors (Lipinski definition) is 6. The SMILES string of the molecule is CCC(C)(C)C(=O)Oc1cc(C(=O)OC(C(F)(F)F)C(F)(F)S(=O)(=O)O)ccc1I. The second-order valence-electron chi connectivity index (χ2n) is 6.64. The normalized spacial score (nSPS) is 14.2. The van der Waals surface area contributed by atoms with Crippen LogP contribution in [0.4, 0.5) is 22.0 Å². The number of carbonyl (C=O) groups is 2. The molecule has 0 amide bonds. The molecule has 1 unspecified atom stereocenters. The Kier molecular flexibility index (Phi) is 7.86. The fraction of sp³-hybridized carbons (Fsp3) is 0.500. The number of halogens is 6. The molecule has 0 heterocycles. The van der Waals surface area contributed by atoms with E-state index in [-0.39, 0.29) is 9.32 Å². The molecular formula is C16H16F5IO7S. The van der Waals surface area contributed by atoms with E-state index >= 15 is 0 Å². The molecule has 0 aromatic heterocycles. The highest BCUT2D eigenvalue weighted by Gasteiger charge is 2.66. The maximum atomic E-state index is 13.5. The van der Waals surface area contributed by atoms with E-state index in [1.165, 1.54) is 0 Å². The lowest BCUT2D eigenvalue weighted by atomic mass is 9.91. The monoisotopic (exact) mass is 574 g/mol. The van der Waals surface area contributed by atoms with Gasteiger partial charge in [-0.1, -0.05) is 6.92 Å². The first-order chi connectivity index (χ1) is 13.3. The molecular weight excluding hydrogens is 558 g/mol. The first-order valence-corrected chi connectivity index (χ1v) is 10.5. The van der Waals surface area contributed by atoms with Crippen molar-refractivity contribution in [2.75, 3.05) is 0 Å². The third-order valence-corrected chi connectivity index (χ3v) is 5.77. The molecule has 0 spiro atoms. The Balaban J connectivity index is 3.27. The molecule has 170 valence electrons. The summed E-state index contributed by atoms with van der Waals surface area (Å²) < 4.78 is 105. The molecule has 1 N–H and O–H groups in total. The zero-order valence-electron chi connectivity index (χ0n) is 15.6. The molecule has 0 aliphatic carbocycles. The Morgan fingerprint density at radius 3 is 2.13 bits per heavy atom. The van der Waals surface area contributed by atoms with Crippen LogP contribution >= 0.6 is 22.6 Å². The second kappa shape index (κ2) is 8.90. The van der Waals surface area contributed by atoms with E-state index < -0.39 is 50.6 Å². The molecule has 0 saturated heterocycles. The molecule has 0 fully saturated rings. The van der Waals surface area contributed by atoms with Crippen LogP contribution < -0.4 is 4.74 Å². The van der Waals surface area contributed by atoms with Crippen LogP contribution in [0.1, 0.15) is 37.6 Å². The third kappa shape index (κ3) is 6.00. The average Bonchev–Trinajstić information content (AvgIpc) is 2.58. The fourth-order valence-corrected chi connectivity index (χ4v) is 2.63. The predicted molar refractivity (Wildman–Crippen MR) is 101 cm³/mol. The van der Waals surface area contributed by atoms with Crippen LogP contribution in [-0.4, -0.2) is 42.4 Å². The molecule has 1 atom stereocenters. The Morgan fingerprint density at radius 2 is 1.70 bits per heavy atom. The summed E-state index contributed by atoms with van der Waals surface area (Å²) in [5, 5.41) is -5.86. The minimum absolute atomic E-state index is 0.248. The highest BCUT2D eigenvalue weighted by Crippen LogP contribution is 2.38. The van der Waals surface area contributed by atoms with Gasteiger partial charge in [-0.15, -0.1) is 0 Å². The summed E-state index contributed by atoms with van der Waals surface area (Å²) in [7, 11) is -6.56. The standard InChI is InChI=1S/C16H16F5IO7S/c1-4-14(2,3)13(24)28-10-7-8(5-6-9(10)22)11(23)29-12(15(17,18)19)16(20,21)30(25,26)27/h5-7,12H,4H2,1-3H3,(H,25,26,27). The minimum Gasteiger partial charge on any atom is -0.441 e. The number of alkyl halides is 5. The van der Waals surface area contributed by atoms with Crippen molar-refractivity contribution in [2.24, 2.45) is 5.41 Å². The maximum absolute atomic E-state index is 13.5. The van der Waals surface area contributed by atoms with Gasteiger partial charge in [0.25, 0.3) is 6.10 Å². The zero-order valence-corrected chi connectivity index (χ0v) is 18.6. The van der Waals surface area contributed by atoms with Gasteiger partial charge in [-0.25, -0.2) is 4.79 Å². The zero-order chi connectivity index (χ0) is 23.7. The predicted octanol–water partition coefficient (Wildman–Crippen LogP) is 4.20. The first-order valence-electron chi connectivity index (χ1n) is 7.99. The summed E-state index contributed by atoms with van der Waals surface area (Å²) in [6.07, 6.45) is -10.1. The minimum atomic E-state index is -6.56. The van der Waals surface area contributed by atoms with E-state index in [0.29, 0.717) is 6.42 Å². The van der Waals surface area contributed by atoms with E-state index in [1.807, 2.05) is 0 Å². The molecule has 1 rings (SSSR count). The highest BCUT2D eigenvalue weighted by molar-refractivity contribution is 14.1. The molecule has 30 heavy (non-hydrogen) atoms. The van der Waals surface area contributed by atoms with E-state index in [9.17, 15) is 40.0 Å². The maximum Gasteiger partial charge on any atom is 0.432 e. The van der Waals surface area contributed by atoms with E-state index in [1.54, 1.807) is 43.4 Å². The van der Waals surface area contributed by atoms with Gasteiger partial charge < -0.3 is 9.47 Å². The van der Waals surface area contributed by atoms with Gasteiger partial charge in [0.2, 0.25) is 0 Å². The molecule has 0 aliphatic rings. The molecule has 0 bridgehead atoms. The van der Waals surface area contributed by atoms with Gasteiger partial charge in [0.05, 0.1) is 14.5 Å². The topological polar surface area (TPSA) is 107 Å². The summed E-state index contributed by atoms with van der Waals surface area (Å²) in [5.74, 6) is -2.95. The molecule has 0 aliphatic heterocycles. The number of rotatable bonds is 7. The van der Waals surface area contributed by atoms with Gasteiger partial charge in [-0.3, -0.25) is 9.35 Å². The van der Waals surface area contributed by atoms with Crippen molar-refractivity contribution >= 4 is 44.6 Å². The average molecular weight is 574 g/mol. The van der Waals surface area contributed by atoms with Crippen LogP contribution in [0.2, 0.25) is 0 Å². The highest BCUT2D eigenvalue weighted by atomic mass is 127. The van der Waals surface area contributed by atoms with Crippen molar-refractivity contribution < 1.29 is 54.0 Å². The van der Waals surface area contributed by atoms with E-state index in [0.717, 1.165) is 18.2 Å². The summed E-state index contributed by atoms with van der Waals surface area (Å²) in [6, 6.07) is 2.82. The van der Waals surface area contributed by atoms with Crippen LogP contribution in [0.15, 0.2) is 18.2 Å². The van der Waals surface area contributed by atoms with Crippen LogP contribution in [0.5, 0.6) is 5.75 Å². The van der Waals surface area contributed by atoms with Crippen molar-refractivity contribution in [1.29, 1.82) is 0 Å². The van der Waals surface area contributed by atoms with Gasteiger partial charge in [-0.05, 0) is 61.1 Å². The molecule has 0 saturated carbocycles. The number of ether oxygens (including phenoxy) is 2. The summed E-state index contributed by atoms with van der Waals surface area (Å²) in [4.78, 5) is 24.2. The van der Waals surface area contributed by atoms with Gasteiger partial charge in [0.1, 0.15) is 5.75 Å². The Hall–Kier alpha value is -1.55. The van der Waals surface area contributed by atoms with Crippen LogP contribution in [0, 0.1) is 8.99 Å². The third-order valence-electron chi connectivity index (χ3n) is 3.98. The van der Waals surface area contributed by atoms with Crippen molar-refractivity contribution in [2.45, 2.75) is 44.7 Å². The van der Waals surface area contributed by atoms with Crippen molar-refractivity contribution in [1.82, 2.24) is 0 Å². The summed E-state index contributed by atoms with van der Waals surface area (Å²) in [5.41, 5.74) is -1.66. The van der Waals surface area contributed by atoms with Crippen molar-refractivity contribution in [3.05, 3.63) is 27.3 Å².